The van der Waals surface area contributed by atoms with Gasteiger partial charge in [0.2, 0.25) is 0 Å². The number of halogens is 1. The Hall–Kier alpha value is 0.280. The van der Waals surface area contributed by atoms with E-state index in [1.54, 1.807) is 0 Å². The first-order valence-corrected chi connectivity index (χ1v) is 5.02. The lowest BCUT2D eigenvalue weighted by atomic mass is 10.00. The molecule has 0 spiro atoms. The predicted molar refractivity (Wildman–Crippen MR) is 47.5 cm³/mol. The highest BCUT2D eigenvalue weighted by atomic mass is 79.9. The third kappa shape index (κ3) is 2.20. The number of hydrogen-bond donors (Lipinski definition) is 3. The van der Waals surface area contributed by atoms with Crippen molar-refractivity contribution >= 4 is 15.9 Å². The van der Waals surface area contributed by atoms with E-state index in [1.165, 1.54) is 7.11 Å². The first kappa shape index (κ1) is 11.4. The average molecular weight is 257 g/mol. The number of aliphatic hydroxyl groups is 3. The average Bonchev–Trinajstić information content (AvgIpc) is 2.13. The molecule has 1 aliphatic heterocycles. The summed E-state index contributed by atoms with van der Waals surface area (Å²) in [5.74, 6) is 0. The first-order chi connectivity index (χ1) is 6.11. The lowest BCUT2D eigenvalue weighted by Crippen LogP contribution is -2.58. The molecule has 5 nitrogen and oxygen atoms in total. The summed E-state index contributed by atoms with van der Waals surface area (Å²) in [6.45, 7) is 0. The van der Waals surface area contributed by atoms with Crippen LogP contribution < -0.4 is 0 Å². The molecule has 0 aromatic rings. The molecule has 0 radical (unpaired) electrons. The minimum Gasteiger partial charge on any atom is -0.387 e. The number of alkyl halides is 1. The molecule has 1 rings (SSSR count). The molecule has 0 bridgehead atoms. The van der Waals surface area contributed by atoms with Crippen LogP contribution in [0.5, 0.6) is 0 Å². The standard InChI is InChI=1S/C7H13BrO5/c1-12-6-3(2-8)13-7(11)5(10)4(6)9/h3-7,9-11H,2H2,1H3. The summed E-state index contributed by atoms with van der Waals surface area (Å²) in [6.07, 6.45) is -4.89. The number of rotatable bonds is 2. The van der Waals surface area contributed by atoms with Crippen LogP contribution >= 0.6 is 15.9 Å². The van der Waals surface area contributed by atoms with E-state index < -0.39 is 30.7 Å². The summed E-state index contributed by atoms with van der Waals surface area (Å²) in [5.41, 5.74) is 0. The molecule has 0 saturated carbocycles. The lowest BCUT2D eigenvalue weighted by Gasteiger charge is -2.39. The molecule has 0 amide bonds. The molecule has 1 fully saturated rings. The molecular weight excluding hydrogens is 244 g/mol. The third-order valence-electron chi connectivity index (χ3n) is 2.08. The van der Waals surface area contributed by atoms with Gasteiger partial charge in [0.1, 0.15) is 18.3 Å². The Morgan fingerprint density at radius 2 is 1.92 bits per heavy atom. The summed E-state index contributed by atoms with van der Waals surface area (Å²) in [6, 6.07) is 0. The van der Waals surface area contributed by atoms with E-state index in [4.69, 9.17) is 14.6 Å². The zero-order valence-corrected chi connectivity index (χ0v) is 8.72. The van der Waals surface area contributed by atoms with Gasteiger partial charge >= 0.3 is 0 Å². The topological polar surface area (TPSA) is 79.2 Å². The molecule has 5 unspecified atom stereocenters. The second-order valence-corrected chi connectivity index (χ2v) is 3.55. The molecule has 5 atom stereocenters. The van der Waals surface area contributed by atoms with E-state index in [2.05, 4.69) is 15.9 Å². The maximum absolute atomic E-state index is 9.47. The Morgan fingerprint density at radius 3 is 2.38 bits per heavy atom. The van der Waals surface area contributed by atoms with Gasteiger partial charge in [0.15, 0.2) is 6.29 Å². The van der Waals surface area contributed by atoms with Crippen LogP contribution in [0.3, 0.4) is 0 Å². The number of ether oxygens (including phenoxy) is 2. The van der Waals surface area contributed by atoms with Crippen molar-refractivity contribution in [3.8, 4) is 0 Å². The van der Waals surface area contributed by atoms with Crippen molar-refractivity contribution in [3.05, 3.63) is 0 Å². The zero-order chi connectivity index (χ0) is 10.0. The molecule has 78 valence electrons. The molecule has 0 aliphatic carbocycles. The molecule has 0 aromatic heterocycles. The molecule has 13 heavy (non-hydrogen) atoms. The van der Waals surface area contributed by atoms with E-state index in [0.29, 0.717) is 5.33 Å². The van der Waals surface area contributed by atoms with Crippen molar-refractivity contribution in [3.63, 3.8) is 0 Å². The van der Waals surface area contributed by atoms with Crippen molar-refractivity contribution < 1.29 is 24.8 Å². The summed E-state index contributed by atoms with van der Waals surface area (Å²) >= 11 is 3.16. The third-order valence-corrected chi connectivity index (χ3v) is 2.72. The van der Waals surface area contributed by atoms with Crippen molar-refractivity contribution in [2.24, 2.45) is 0 Å². The van der Waals surface area contributed by atoms with Gasteiger partial charge < -0.3 is 24.8 Å². The van der Waals surface area contributed by atoms with Gasteiger partial charge in [0, 0.05) is 12.4 Å². The van der Waals surface area contributed by atoms with Crippen LogP contribution in [-0.4, -0.2) is 58.5 Å². The highest BCUT2D eigenvalue weighted by Gasteiger charge is 2.43. The van der Waals surface area contributed by atoms with Crippen LogP contribution in [0.4, 0.5) is 0 Å². The number of methoxy groups -OCH3 is 1. The molecule has 3 N–H and O–H groups in total. The normalized spacial score (nSPS) is 46.4. The maximum Gasteiger partial charge on any atom is 0.183 e. The lowest BCUT2D eigenvalue weighted by molar-refractivity contribution is -0.280. The number of aliphatic hydroxyl groups excluding tert-OH is 3. The van der Waals surface area contributed by atoms with E-state index in [9.17, 15) is 10.2 Å². The minimum atomic E-state index is -1.36. The second-order valence-electron chi connectivity index (χ2n) is 2.90. The highest BCUT2D eigenvalue weighted by molar-refractivity contribution is 9.09. The first-order valence-electron chi connectivity index (χ1n) is 3.90. The van der Waals surface area contributed by atoms with Crippen LogP contribution in [0, 0.1) is 0 Å². The van der Waals surface area contributed by atoms with Crippen molar-refractivity contribution in [1.29, 1.82) is 0 Å². The van der Waals surface area contributed by atoms with Gasteiger partial charge in [0.05, 0.1) is 6.10 Å². The van der Waals surface area contributed by atoms with Crippen molar-refractivity contribution in [1.82, 2.24) is 0 Å². The fourth-order valence-corrected chi connectivity index (χ4v) is 1.86. The monoisotopic (exact) mass is 256 g/mol. The Kier molecular flexibility index (Phi) is 4.08. The molecule has 1 saturated heterocycles. The molecule has 1 aliphatic rings. The van der Waals surface area contributed by atoms with Gasteiger partial charge in [0.25, 0.3) is 0 Å². The minimum absolute atomic E-state index is 0.423. The Morgan fingerprint density at radius 1 is 1.31 bits per heavy atom. The summed E-state index contributed by atoms with van der Waals surface area (Å²) in [5, 5.41) is 28.3. The predicted octanol–water partition coefficient (Wildman–Crippen LogP) is -1.16. The SMILES string of the molecule is COC1C(CBr)OC(O)C(O)C1O. The fourth-order valence-electron chi connectivity index (χ4n) is 1.34. The smallest absolute Gasteiger partial charge is 0.183 e. The quantitative estimate of drug-likeness (QED) is 0.543. The van der Waals surface area contributed by atoms with Gasteiger partial charge in [-0.15, -0.1) is 0 Å². The second kappa shape index (κ2) is 4.68. The Balaban J connectivity index is 2.69. The van der Waals surface area contributed by atoms with Crippen LogP contribution in [-0.2, 0) is 9.47 Å². The van der Waals surface area contributed by atoms with E-state index in [-0.39, 0.29) is 0 Å². The van der Waals surface area contributed by atoms with E-state index >= 15 is 0 Å². The molecular formula is C7H13BrO5. The van der Waals surface area contributed by atoms with E-state index in [0.717, 1.165) is 0 Å². The van der Waals surface area contributed by atoms with Gasteiger partial charge in [-0.2, -0.15) is 0 Å². The van der Waals surface area contributed by atoms with Crippen LogP contribution in [0.2, 0.25) is 0 Å². The van der Waals surface area contributed by atoms with Crippen molar-refractivity contribution in [2.45, 2.75) is 30.7 Å². The van der Waals surface area contributed by atoms with Crippen LogP contribution in [0.15, 0.2) is 0 Å². The number of hydrogen-bond acceptors (Lipinski definition) is 5. The summed E-state index contributed by atoms with van der Waals surface area (Å²) in [4.78, 5) is 0. The van der Waals surface area contributed by atoms with Crippen LogP contribution in [0.1, 0.15) is 0 Å². The van der Waals surface area contributed by atoms with Gasteiger partial charge in [-0.05, 0) is 0 Å². The summed E-state index contributed by atoms with van der Waals surface area (Å²) < 4.78 is 9.94. The van der Waals surface area contributed by atoms with Gasteiger partial charge in [-0.1, -0.05) is 15.9 Å². The molecule has 1 heterocycles. The van der Waals surface area contributed by atoms with E-state index in [1.807, 2.05) is 0 Å². The summed E-state index contributed by atoms with van der Waals surface area (Å²) in [7, 11) is 1.41. The Labute approximate surface area is 84.4 Å². The molecule has 0 aromatic carbocycles. The van der Waals surface area contributed by atoms with Gasteiger partial charge in [-0.3, -0.25) is 0 Å². The molecule has 6 heteroatoms. The maximum atomic E-state index is 9.47. The fraction of sp³-hybridized carbons (Fsp3) is 1.00. The van der Waals surface area contributed by atoms with Crippen molar-refractivity contribution in [2.75, 3.05) is 12.4 Å². The van der Waals surface area contributed by atoms with Crippen LogP contribution in [0.25, 0.3) is 0 Å². The Bertz CT molecular complexity index is 165. The highest BCUT2D eigenvalue weighted by Crippen LogP contribution is 2.22. The largest absolute Gasteiger partial charge is 0.387 e. The van der Waals surface area contributed by atoms with Gasteiger partial charge in [-0.25, -0.2) is 0 Å². The zero-order valence-electron chi connectivity index (χ0n) is 7.13.